The number of esters is 1. The van der Waals surface area contributed by atoms with Crippen LogP contribution in [0.25, 0.3) is 28.1 Å². The Bertz CT molecular complexity index is 1510. The molecule has 4 rings (SSSR count). The monoisotopic (exact) mass is 500 g/mol. The number of methoxy groups -OCH3 is 1. The van der Waals surface area contributed by atoms with Gasteiger partial charge in [0.15, 0.2) is 11.5 Å². The summed E-state index contributed by atoms with van der Waals surface area (Å²) in [6.07, 6.45) is 4.72. The smallest absolute Gasteiger partial charge is 0.308 e. The number of hydrogen-bond donors (Lipinski definition) is 1. The van der Waals surface area contributed by atoms with E-state index in [0.717, 1.165) is 33.2 Å². The van der Waals surface area contributed by atoms with Crippen molar-refractivity contribution in [3.05, 3.63) is 88.6 Å². The molecule has 4 aromatic rings. The van der Waals surface area contributed by atoms with Gasteiger partial charge < -0.3 is 14.8 Å². The van der Waals surface area contributed by atoms with E-state index < -0.39 is 5.97 Å². The minimum Gasteiger partial charge on any atom is -0.493 e. The highest BCUT2D eigenvalue weighted by atomic mass is 35.5. The van der Waals surface area contributed by atoms with Crippen molar-refractivity contribution in [3.8, 4) is 22.6 Å². The third-order valence-corrected chi connectivity index (χ3v) is 5.91. The van der Waals surface area contributed by atoms with Crippen LogP contribution in [0.3, 0.4) is 0 Å². The van der Waals surface area contributed by atoms with Gasteiger partial charge in [0.1, 0.15) is 0 Å². The maximum atomic E-state index is 12.9. The molecular formula is C29H25ClN2O4. The van der Waals surface area contributed by atoms with E-state index in [0.29, 0.717) is 27.8 Å². The first-order valence-electron chi connectivity index (χ1n) is 11.3. The molecule has 0 radical (unpaired) electrons. The predicted molar refractivity (Wildman–Crippen MR) is 144 cm³/mol. The van der Waals surface area contributed by atoms with Crippen molar-refractivity contribution in [2.24, 2.45) is 0 Å². The average molecular weight is 501 g/mol. The van der Waals surface area contributed by atoms with Crippen LogP contribution in [0.2, 0.25) is 5.02 Å². The number of benzene rings is 3. The lowest BCUT2D eigenvalue weighted by Gasteiger charge is -2.16. The molecule has 0 aliphatic carbocycles. The van der Waals surface area contributed by atoms with Crippen LogP contribution >= 0.6 is 11.6 Å². The number of aryl methyl sites for hydroxylation is 2. The zero-order valence-corrected chi connectivity index (χ0v) is 21.1. The Hall–Kier alpha value is -4.16. The summed E-state index contributed by atoms with van der Waals surface area (Å²) in [6, 6.07) is 16.7. The molecule has 0 saturated carbocycles. The number of fused-ring (bicyclic) bond motifs is 1. The van der Waals surface area contributed by atoms with Gasteiger partial charge in [0.25, 0.3) is 0 Å². The predicted octanol–water partition coefficient (Wildman–Crippen LogP) is 6.76. The minimum atomic E-state index is -0.445. The second-order valence-electron chi connectivity index (χ2n) is 8.33. The van der Waals surface area contributed by atoms with E-state index >= 15 is 0 Å². The third-order valence-electron chi connectivity index (χ3n) is 5.58. The van der Waals surface area contributed by atoms with Crippen molar-refractivity contribution in [3.63, 3.8) is 0 Å². The number of carbonyl (C=O) groups is 2. The van der Waals surface area contributed by atoms with Gasteiger partial charge in [-0.15, -0.1) is 0 Å². The molecule has 0 saturated heterocycles. The van der Waals surface area contributed by atoms with Crippen molar-refractivity contribution >= 4 is 46.1 Å². The zero-order valence-electron chi connectivity index (χ0n) is 20.4. The van der Waals surface area contributed by atoms with Crippen LogP contribution in [0.1, 0.15) is 23.6 Å². The van der Waals surface area contributed by atoms with E-state index in [-0.39, 0.29) is 5.91 Å². The standard InChI is InChI=1S/C29H25ClN2O4/c1-17-13-18(2)29-22(14-17)28(21-7-5-6-8-23(21)30)24(16-31-29)32-27(34)12-10-20-9-11-25(36-19(3)33)26(15-20)35-4/h5-16H,1-4H3,(H,32,34). The highest BCUT2D eigenvalue weighted by molar-refractivity contribution is 6.34. The highest BCUT2D eigenvalue weighted by Crippen LogP contribution is 2.39. The van der Waals surface area contributed by atoms with E-state index in [4.69, 9.17) is 21.1 Å². The van der Waals surface area contributed by atoms with Crippen LogP contribution < -0.4 is 14.8 Å². The van der Waals surface area contributed by atoms with Crippen LogP contribution in [0.4, 0.5) is 5.69 Å². The normalized spacial score (nSPS) is 11.0. The van der Waals surface area contributed by atoms with Gasteiger partial charge in [0, 0.05) is 34.5 Å². The third kappa shape index (κ3) is 5.39. The average Bonchev–Trinajstić information content (AvgIpc) is 2.83. The minimum absolute atomic E-state index is 0.309. The molecule has 1 amide bonds. The van der Waals surface area contributed by atoms with Gasteiger partial charge in [0.05, 0.1) is 24.5 Å². The number of anilines is 1. The SMILES string of the molecule is COc1cc(C=CC(=O)Nc2cnc3c(C)cc(C)cc3c2-c2ccccc2Cl)ccc1OC(C)=O. The number of nitrogens with zero attached hydrogens (tertiary/aromatic N) is 1. The lowest BCUT2D eigenvalue weighted by molar-refractivity contribution is -0.132. The molecule has 6 nitrogen and oxygen atoms in total. The molecule has 0 atom stereocenters. The van der Waals surface area contributed by atoms with Crippen LogP contribution in [-0.2, 0) is 9.59 Å². The largest absolute Gasteiger partial charge is 0.493 e. The first-order chi connectivity index (χ1) is 17.3. The maximum Gasteiger partial charge on any atom is 0.308 e. The van der Waals surface area contributed by atoms with Gasteiger partial charge in [-0.3, -0.25) is 14.6 Å². The van der Waals surface area contributed by atoms with Gasteiger partial charge in [-0.25, -0.2) is 0 Å². The van der Waals surface area contributed by atoms with Crippen molar-refractivity contribution < 1.29 is 19.1 Å². The molecule has 0 unspecified atom stereocenters. The van der Waals surface area contributed by atoms with E-state index in [1.165, 1.54) is 20.1 Å². The number of aromatic nitrogens is 1. The summed E-state index contributed by atoms with van der Waals surface area (Å²) in [5, 5.41) is 4.45. The number of nitrogens with one attached hydrogen (secondary N) is 1. The summed E-state index contributed by atoms with van der Waals surface area (Å²) in [7, 11) is 1.48. The second kappa shape index (κ2) is 10.6. The second-order valence-corrected chi connectivity index (χ2v) is 8.74. The van der Waals surface area contributed by atoms with Gasteiger partial charge in [-0.05, 0) is 55.3 Å². The van der Waals surface area contributed by atoms with Gasteiger partial charge in [0.2, 0.25) is 5.91 Å². The number of carbonyl (C=O) groups excluding carboxylic acids is 2. The molecule has 0 fully saturated rings. The highest BCUT2D eigenvalue weighted by Gasteiger charge is 2.16. The van der Waals surface area contributed by atoms with E-state index in [2.05, 4.69) is 22.4 Å². The molecule has 36 heavy (non-hydrogen) atoms. The summed E-state index contributed by atoms with van der Waals surface area (Å²) >= 11 is 6.57. The Morgan fingerprint density at radius 2 is 1.81 bits per heavy atom. The molecule has 0 aliphatic rings. The lowest BCUT2D eigenvalue weighted by Crippen LogP contribution is -2.10. The number of amides is 1. The molecule has 7 heteroatoms. The number of hydrogen-bond acceptors (Lipinski definition) is 5. The van der Waals surface area contributed by atoms with Crippen LogP contribution in [0.15, 0.2) is 66.9 Å². The molecule has 0 aliphatic heterocycles. The number of halogens is 1. The summed E-state index contributed by atoms with van der Waals surface area (Å²) in [6.45, 7) is 5.36. The number of pyridine rings is 1. The lowest BCUT2D eigenvalue weighted by atomic mass is 9.96. The first kappa shape index (κ1) is 24.9. The Labute approximate surface area is 214 Å². The van der Waals surface area contributed by atoms with Crippen molar-refractivity contribution in [1.29, 1.82) is 0 Å². The van der Waals surface area contributed by atoms with Gasteiger partial charge in [-0.2, -0.15) is 0 Å². The van der Waals surface area contributed by atoms with Crippen LogP contribution in [-0.4, -0.2) is 24.0 Å². The van der Waals surface area contributed by atoms with E-state index in [1.54, 1.807) is 30.5 Å². The molecule has 0 spiro atoms. The summed E-state index contributed by atoms with van der Waals surface area (Å²) in [5.74, 6) is -0.0847. The van der Waals surface area contributed by atoms with Crippen molar-refractivity contribution in [2.75, 3.05) is 12.4 Å². The fourth-order valence-corrected chi connectivity index (χ4v) is 4.31. The maximum absolute atomic E-state index is 12.9. The van der Waals surface area contributed by atoms with Crippen molar-refractivity contribution in [1.82, 2.24) is 4.98 Å². The molecular weight excluding hydrogens is 476 g/mol. The molecule has 0 bridgehead atoms. The topological polar surface area (TPSA) is 77.5 Å². The number of ether oxygens (including phenoxy) is 2. The van der Waals surface area contributed by atoms with Crippen LogP contribution in [0, 0.1) is 13.8 Å². The Morgan fingerprint density at radius 3 is 2.53 bits per heavy atom. The summed E-state index contributed by atoms with van der Waals surface area (Å²) < 4.78 is 10.4. The number of rotatable bonds is 6. The van der Waals surface area contributed by atoms with E-state index in [1.807, 2.05) is 38.1 Å². The fraction of sp³-hybridized carbons (Fsp3) is 0.138. The Morgan fingerprint density at radius 1 is 1.03 bits per heavy atom. The molecule has 1 N–H and O–H groups in total. The van der Waals surface area contributed by atoms with Crippen molar-refractivity contribution in [2.45, 2.75) is 20.8 Å². The van der Waals surface area contributed by atoms with Gasteiger partial charge >= 0.3 is 5.97 Å². The molecule has 1 aromatic heterocycles. The first-order valence-corrected chi connectivity index (χ1v) is 11.6. The van der Waals surface area contributed by atoms with E-state index in [9.17, 15) is 9.59 Å². The summed E-state index contributed by atoms with van der Waals surface area (Å²) in [4.78, 5) is 28.8. The Kier molecular flexibility index (Phi) is 7.36. The molecule has 3 aromatic carbocycles. The van der Waals surface area contributed by atoms with Crippen LogP contribution in [0.5, 0.6) is 11.5 Å². The molecule has 1 heterocycles. The quantitative estimate of drug-likeness (QED) is 0.180. The zero-order chi connectivity index (χ0) is 25.8. The van der Waals surface area contributed by atoms with Gasteiger partial charge in [-0.1, -0.05) is 47.5 Å². The fourth-order valence-electron chi connectivity index (χ4n) is 4.08. The Balaban J connectivity index is 1.70. The summed E-state index contributed by atoms with van der Waals surface area (Å²) in [5.41, 5.74) is 5.86. The molecule has 182 valence electrons.